The van der Waals surface area contributed by atoms with Crippen LogP contribution >= 0.6 is 11.6 Å². The van der Waals surface area contributed by atoms with Crippen LogP contribution in [0, 0.1) is 10.1 Å². The maximum absolute atomic E-state index is 12.3. The predicted molar refractivity (Wildman–Crippen MR) is 69.0 cm³/mol. The van der Waals surface area contributed by atoms with Crippen LogP contribution in [0.5, 0.6) is 0 Å². The minimum atomic E-state index is -0.516. The molecule has 18 heavy (non-hydrogen) atoms. The smallest absolute Gasteiger partial charge is 0.287 e. The van der Waals surface area contributed by atoms with Gasteiger partial charge in [-0.3, -0.25) is 14.9 Å². The van der Waals surface area contributed by atoms with Gasteiger partial charge in [-0.05, 0) is 13.8 Å². The van der Waals surface area contributed by atoms with Crippen molar-refractivity contribution in [1.29, 1.82) is 0 Å². The molecule has 0 unspecified atom stereocenters. The molecule has 1 heterocycles. The van der Waals surface area contributed by atoms with E-state index in [9.17, 15) is 14.9 Å². The van der Waals surface area contributed by atoms with Gasteiger partial charge in [0.25, 0.3) is 11.6 Å². The van der Waals surface area contributed by atoms with E-state index in [1.807, 2.05) is 13.8 Å². The number of carbonyl (C=O) groups is 1. The van der Waals surface area contributed by atoms with Gasteiger partial charge in [0.05, 0.1) is 11.1 Å². The van der Waals surface area contributed by atoms with Crippen LogP contribution in [0.1, 0.15) is 24.3 Å². The summed E-state index contributed by atoms with van der Waals surface area (Å²) in [6, 6.07) is 1.27. The maximum atomic E-state index is 12.3. The van der Waals surface area contributed by atoms with Crippen LogP contribution in [0.3, 0.4) is 0 Å². The average molecular weight is 274 g/mol. The summed E-state index contributed by atoms with van der Waals surface area (Å²) >= 11 is 5.66. The molecule has 100 valence electrons. The van der Waals surface area contributed by atoms with Crippen LogP contribution in [0.15, 0.2) is 12.3 Å². The number of aromatic nitrogens is 1. The highest BCUT2D eigenvalue weighted by molar-refractivity contribution is 6.18. The lowest BCUT2D eigenvalue weighted by atomic mass is 10.2. The minimum Gasteiger partial charge on any atom is -0.340 e. The van der Waals surface area contributed by atoms with Crippen molar-refractivity contribution >= 4 is 23.2 Å². The van der Waals surface area contributed by atoms with Crippen molar-refractivity contribution in [2.45, 2.75) is 19.9 Å². The number of amides is 1. The van der Waals surface area contributed by atoms with E-state index in [1.54, 1.807) is 11.9 Å². The second-order valence-electron chi connectivity index (χ2n) is 4.23. The fourth-order valence-electron chi connectivity index (χ4n) is 1.69. The van der Waals surface area contributed by atoms with Gasteiger partial charge in [-0.2, -0.15) is 0 Å². The first-order valence-electron chi connectivity index (χ1n) is 5.56. The topological polar surface area (TPSA) is 68.4 Å². The highest BCUT2D eigenvalue weighted by atomic mass is 35.5. The second kappa shape index (κ2) is 5.86. The predicted octanol–water partition coefficient (Wildman–Crippen LogP) is 2.02. The van der Waals surface area contributed by atoms with E-state index in [2.05, 4.69) is 0 Å². The van der Waals surface area contributed by atoms with E-state index in [1.165, 1.54) is 16.8 Å². The van der Waals surface area contributed by atoms with Crippen LogP contribution in [-0.4, -0.2) is 38.8 Å². The Bertz CT molecular complexity index is 456. The van der Waals surface area contributed by atoms with E-state index in [4.69, 9.17) is 11.6 Å². The average Bonchev–Trinajstić information content (AvgIpc) is 2.67. The van der Waals surface area contributed by atoms with Gasteiger partial charge in [0.1, 0.15) is 5.69 Å². The number of hydrogen-bond donors (Lipinski definition) is 0. The van der Waals surface area contributed by atoms with Gasteiger partial charge in [0.15, 0.2) is 0 Å². The molecule has 0 N–H and O–H groups in total. The first-order chi connectivity index (χ1) is 8.38. The zero-order valence-electron chi connectivity index (χ0n) is 10.6. The van der Waals surface area contributed by atoms with E-state index in [0.717, 1.165) is 0 Å². The number of rotatable bonds is 5. The Labute approximate surface area is 110 Å². The van der Waals surface area contributed by atoms with E-state index >= 15 is 0 Å². The van der Waals surface area contributed by atoms with Crippen LogP contribution in [0.4, 0.5) is 5.69 Å². The first-order valence-corrected chi connectivity index (χ1v) is 6.09. The van der Waals surface area contributed by atoms with Crippen molar-refractivity contribution in [3.05, 3.63) is 28.1 Å². The molecule has 0 bridgehead atoms. The minimum absolute atomic E-state index is 0.00907. The summed E-state index contributed by atoms with van der Waals surface area (Å²) in [5, 5.41) is 10.7. The number of hydrogen-bond acceptors (Lipinski definition) is 3. The zero-order chi connectivity index (χ0) is 13.9. The van der Waals surface area contributed by atoms with Crippen molar-refractivity contribution in [1.82, 2.24) is 9.47 Å². The van der Waals surface area contributed by atoms with Gasteiger partial charge in [-0.25, -0.2) is 0 Å². The van der Waals surface area contributed by atoms with Gasteiger partial charge >= 0.3 is 0 Å². The molecule has 1 aromatic heterocycles. The van der Waals surface area contributed by atoms with E-state index in [0.29, 0.717) is 18.1 Å². The SMILES string of the molecule is CC(C)N(CCCl)C(=O)c1cc([N+](=O)[O-])cn1C. The summed E-state index contributed by atoms with van der Waals surface area (Å²) < 4.78 is 1.46. The summed E-state index contributed by atoms with van der Waals surface area (Å²) in [5.74, 6) is 0.0810. The van der Waals surface area contributed by atoms with E-state index in [-0.39, 0.29) is 17.6 Å². The van der Waals surface area contributed by atoms with Crippen LogP contribution < -0.4 is 0 Å². The summed E-state index contributed by atoms with van der Waals surface area (Å²) in [7, 11) is 1.61. The van der Waals surface area contributed by atoms with Crippen LogP contribution in [0.2, 0.25) is 0 Å². The molecule has 0 atom stereocenters. The molecule has 0 fully saturated rings. The summed E-state index contributed by atoms with van der Waals surface area (Å²) in [4.78, 5) is 24.0. The molecule has 1 amide bonds. The fourth-order valence-corrected chi connectivity index (χ4v) is 1.87. The van der Waals surface area contributed by atoms with E-state index < -0.39 is 4.92 Å². The molecule has 0 saturated heterocycles. The van der Waals surface area contributed by atoms with Crippen molar-refractivity contribution in [3.8, 4) is 0 Å². The standard InChI is InChI=1S/C11H16ClN3O3/c1-8(2)14(5-4-12)11(16)10-6-9(15(17)18)7-13(10)3/h6-8H,4-5H2,1-3H3. The Kier molecular flexibility index (Phi) is 4.72. The Balaban J connectivity index is 3.05. The summed E-state index contributed by atoms with van der Waals surface area (Å²) in [6.45, 7) is 4.17. The number of nitro groups is 1. The molecule has 0 spiro atoms. The van der Waals surface area contributed by atoms with Gasteiger partial charge in [-0.1, -0.05) is 0 Å². The third kappa shape index (κ3) is 3.01. The third-order valence-corrected chi connectivity index (χ3v) is 2.80. The van der Waals surface area contributed by atoms with Gasteiger partial charge in [0, 0.05) is 31.6 Å². The monoisotopic (exact) mass is 273 g/mol. The molecule has 0 saturated carbocycles. The fraction of sp³-hybridized carbons (Fsp3) is 0.545. The zero-order valence-corrected chi connectivity index (χ0v) is 11.3. The van der Waals surface area contributed by atoms with Crippen molar-refractivity contribution in [2.75, 3.05) is 12.4 Å². The van der Waals surface area contributed by atoms with Crippen molar-refractivity contribution in [2.24, 2.45) is 7.05 Å². The number of halogens is 1. The van der Waals surface area contributed by atoms with Crippen molar-refractivity contribution in [3.63, 3.8) is 0 Å². The molecule has 0 radical (unpaired) electrons. The molecule has 1 aromatic rings. The number of carbonyl (C=O) groups excluding carboxylic acids is 1. The Morgan fingerprint density at radius 1 is 1.61 bits per heavy atom. The first kappa shape index (κ1) is 14.5. The quantitative estimate of drug-likeness (QED) is 0.468. The molecule has 6 nitrogen and oxygen atoms in total. The number of alkyl halides is 1. The lowest BCUT2D eigenvalue weighted by Gasteiger charge is -2.25. The molecule has 0 aliphatic carbocycles. The summed E-state index contributed by atoms with van der Waals surface area (Å²) in [6.07, 6.45) is 1.33. The molecule has 1 rings (SSSR count). The Morgan fingerprint density at radius 2 is 2.22 bits per heavy atom. The number of aryl methyl sites for hydroxylation is 1. The highest BCUT2D eigenvalue weighted by Crippen LogP contribution is 2.17. The Morgan fingerprint density at radius 3 is 2.61 bits per heavy atom. The summed E-state index contributed by atoms with van der Waals surface area (Å²) in [5.41, 5.74) is 0.205. The Hall–Kier alpha value is -1.56. The van der Waals surface area contributed by atoms with Gasteiger partial charge in [0.2, 0.25) is 0 Å². The molecule has 0 aliphatic heterocycles. The van der Waals surface area contributed by atoms with Gasteiger partial charge in [-0.15, -0.1) is 11.6 Å². The molecular formula is C11H16ClN3O3. The lowest BCUT2D eigenvalue weighted by Crippen LogP contribution is -2.39. The molecular weight excluding hydrogens is 258 g/mol. The largest absolute Gasteiger partial charge is 0.340 e. The molecule has 0 aliphatic rings. The van der Waals surface area contributed by atoms with Crippen molar-refractivity contribution < 1.29 is 9.72 Å². The number of nitrogens with zero attached hydrogens (tertiary/aromatic N) is 3. The normalized spacial score (nSPS) is 10.7. The molecule has 0 aromatic carbocycles. The maximum Gasteiger partial charge on any atom is 0.287 e. The lowest BCUT2D eigenvalue weighted by molar-refractivity contribution is -0.384. The highest BCUT2D eigenvalue weighted by Gasteiger charge is 2.23. The van der Waals surface area contributed by atoms with Crippen LogP contribution in [-0.2, 0) is 7.05 Å². The second-order valence-corrected chi connectivity index (χ2v) is 4.61. The van der Waals surface area contributed by atoms with Gasteiger partial charge < -0.3 is 9.47 Å². The molecule has 7 heteroatoms. The van der Waals surface area contributed by atoms with Crippen LogP contribution in [0.25, 0.3) is 0 Å². The third-order valence-electron chi connectivity index (χ3n) is 2.63.